The van der Waals surface area contributed by atoms with Gasteiger partial charge in [-0.1, -0.05) is 19.8 Å². The molecule has 0 bridgehead atoms. The molecule has 0 heterocycles. The molecule has 0 saturated heterocycles. The van der Waals surface area contributed by atoms with Crippen molar-refractivity contribution in [1.82, 2.24) is 0 Å². The minimum Gasteiger partial charge on any atom is -0.452 e. The van der Waals surface area contributed by atoms with Gasteiger partial charge in [0, 0.05) is 55.8 Å². The Bertz CT molecular complexity index is 211. The first-order valence-electron chi connectivity index (χ1n) is 6.77. The summed E-state index contributed by atoms with van der Waals surface area (Å²) >= 11 is 0. The van der Waals surface area contributed by atoms with E-state index in [9.17, 15) is 4.79 Å². The van der Waals surface area contributed by atoms with E-state index in [1.807, 2.05) is 20.8 Å². The first-order chi connectivity index (χ1) is 8.64. The van der Waals surface area contributed by atoms with Gasteiger partial charge in [-0.25, -0.2) is 0 Å². The van der Waals surface area contributed by atoms with E-state index in [-0.39, 0.29) is 35.5 Å². The molecule has 0 fully saturated rings. The maximum atomic E-state index is 11.7. The second kappa shape index (κ2) is 13.5. The Morgan fingerprint density at radius 1 is 0.895 bits per heavy atom. The van der Waals surface area contributed by atoms with E-state index in [4.69, 9.17) is 17.7 Å². The van der Waals surface area contributed by atoms with Crippen LogP contribution in [0.1, 0.15) is 53.4 Å². The van der Waals surface area contributed by atoms with E-state index in [2.05, 4.69) is 6.92 Å². The summed E-state index contributed by atoms with van der Waals surface area (Å²) in [5, 5.41) is 0. The average Bonchev–Trinajstić information content (AvgIpc) is 2.30. The van der Waals surface area contributed by atoms with Gasteiger partial charge >= 0.3 is 9.05 Å². The molecule has 0 saturated carbocycles. The Kier molecular flexibility index (Phi) is 15.6. The van der Waals surface area contributed by atoms with Crippen molar-refractivity contribution in [1.29, 1.82) is 0 Å². The third-order valence-electron chi connectivity index (χ3n) is 2.19. The molecule has 0 spiro atoms. The van der Waals surface area contributed by atoms with Crippen LogP contribution in [0.4, 0.5) is 0 Å². The topological polar surface area (TPSA) is 54.0 Å². The predicted octanol–water partition coefficient (Wildman–Crippen LogP) is 2.27. The summed E-state index contributed by atoms with van der Waals surface area (Å²) in [4.78, 5) is 11.7. The van der Waals surface area contributed by atoms with Crippen LogP contribution in [0, 0.1) is 0 Å². The first kappa shape index (κ1) is 21.9. The molecule has 7 heteroatoms. The molecule has 0 aliphatic rings. The second-order valence-electron chi connectivity index (χ2n) is 3.73. The van der Waals surface area contributed by atoms with Crippen LogP contribution in [-0.4, -0.2) is 64.4 Å². The summed E-state index contributed by atoms with van der Waals surface area (Å²) < 4.78 is 21.7. The van der Waals surface area contributed by atoms with Crippen LogP contribution in [0.5, 0.6) is 0 Å². The maximum Gasteiger partial charge on any atom is 0.751 e. The van der Waals surface area contributed by atoms with Crippen molar-refractivity contribution >= 4 is 44.6 Å². The first-order valence-corrected chi connectivity index (χ1v) is 8.41. The summed E-state index contributed by atoms with van der Waals surface area (Å²) in [7, 11) is -3.27. The van der Waals surface area contributed by atoms with Crippen LogP contribution < -0.4 is 0 Å². The van der Waals surface area contributed by atoms with Gasteiger partial charge in [0.2, 0.25) is 0 Å². The fourth-order valence-electron chi connectivity index (χ4n) is 1.45. The van der Waals surface area contributed by atoms with Crippen LogP contribution in [0.15, 0.2) is 0 Å². The molecule has 19 heavy (non-hydrogen) atoms. The Labute approximate surface area is 140 Å². The zero-order valence-corrected chi connectivity index (χ0v) is 16.0. The standard InChI is InChI=1S/C12H26O5Si.Na/c1-5-9-10-11-12(13)17-18(14-6-2,15-7-3)16-8-4;/h5-11H2,1-4H3;. The molecule has 0 aromatic rings. The predicted molar refractivity (Wildman–Crippen MR) is 76.6 cm³/mol. The molecule has 109 valence electrons. The van der Waals surface area contributed by atoms with E-state index < -0.39 is 9.05 Å². The molecule has 0 N–H and O–H groups in total. The van der Waals surface area contributed by atoms with E-state index >= 15 is 0 Å². The van der Waals surface area contributed by atoms with Gasteiger partial charge < -0.3 is 17.7 Å². The van der Waals surface area contributed by atoms with Crippen LogP contribution in [0.3, 0.4) is 0 Å². The SMILES string of the molecule is CCCCCC(=O)O[Si](OCC)(OCC)OCC.[Na]. The number of carbonyl (C=O) groups is 1. The molecule has 1 radical (unpaired) electrons. The molecule has 0 unspecified atom stereocenters. The molecule has 0 rings (SSSR count). The van der Waals surface area contributed by atoms with E-state index in [1.165, 1.54) is 0 Å². The van der Waals surface area contributed by atoms with Gasteiger partial charge in [0.1, 0.15) is 0 Å². The fourth-order valence-corrected chi connectivity index (χ4v) is 3.32. The van der Waals surface area contributed by atoms with Crippen molar-refractivity contribution in [3.05, 3.63) is 0 Å². The molecular formula is C12H26NaO5Si. The van der Waals surface area contributed by atoms with Gasteiger partial charge in [-0.05, 0) is 27.2 Å². The smallest absolute Gasteiger partial charge is 0.452 e. The van der Waals surface area contributed by atoms with Gasteiger partial charge in [0.15, 0.2) is 0 Å². The third kappa shape index (κ3) is 10.0. The van der Waals surface area contributed by atoms with Crippen molar-refractivity contribution in [2.75, 3.05) is 19.8 Å². The van der Waals surface area contributed by atoms with Crippen molar-refractivity contribution in [3.63, 3.8) is 0 Å². The van der Waals surface area contributed by atoms with Gasteiger partial charge in [-0.3, -0.25) is 4.79 Å². The third-order valence-corrected chi connectivity index (χ3v) is 4.59. The van der Waals surface area contributed by atoms with E-state index in [0.29, 0.717) is 26.2 Å². The van der Waals surface area contributed by atoms with Crippen LogP contribution in [0.25, 0.3) is 0 Å². The summed E-state index contributed by atoms with van der Waals surface area (Å²) in [5.74, 6) is -0.300. The number of carbonyl (C=O) groups excluding carboxylic acids is 1. The van der Waals surface area contributed by atoms with Crippen LogP contribution in [-0.2, 0) is 22.5 Å². The Balaban J connectivity index is 0. The average molecular weight is 301 g/mol. The van der Waals surface area contributed by atoms with E-state index in [1.54, 1.807) is 0 Å². The maximum absolute atomic E-state index is 11.7. The molecule has 0 aliphatic heterocycles. The largest absolute Gasteiger partial charge is 0.751 e. The zero-order chi connectivity index (χ0) is 13.9. The summed E-state index contributed by atoms with van der Waals surface area (Å²) in [5.41, 5.74) is 0. The second-order valence-corrected chi connectivity index (χ2v) is 5.80. The molecule has 0 atom stereocenters. The summed E-state index contributed by atoms with van der Waals surface area (Å²) in [6.07, 6.45) is 3.29. The Morgan fingerprint density at radius 3 is 1.74 bits per heavy atom. The van der Waals surface area contributed by atoms with Gasteiger partial charge in [-0.15, -0.1) is 0 Å². The Hall–Kier alpha value is 0.567. The van der Waals surface area contributed by atoms with Crippen molar-refractivity contribution in [2.24, 2.45) is 0 Å². The van der Waals surface area contributed by atoms with Crippen molar-refractivity contribution in [3.8, 4) is 0 Å². The van der Waals surface area contributed by atoms with Gasteiger partial charge in [-0.2, -0.15) is 0 Å². The summed E-state index contributed by atoms with van der Waals surface area (Å²) in [6.45, 7) is 8.75. The molecule has 0 aliphatic carbocycles. The minimum absolute atomic E-state index is 0. The normalized spacial score (nSPS) is 10.9. The van der Waals surface area contributed by atoms with Gasteiger partial charge in [0.05, 0.1) is 0 Å². The molecule has 0 amide bonds. The fraction of sp³-hybridized carbons (Fsp3) is 0.917. The Morgan fingerprint density at radius 2 is 1.37 bits per heavy atom. The quantitative estimate of drug-likeness (QED) is 0.433. The monoisotopic (exact) mass is 301 g/mol. The minimum atomic E-state index is -3.27. The molecule has 5 nitrogen and oxygen atoms in total. The van der Waals surface area contributed by atoms with Crippen molar-refractivity contribution in [2.45, 2.75) is 53.4 Å². The van der Waals surface area contributed by atoms with E-state index in [0.717, 1.165) is 19.3 Å². The van der Waals surface area contributed by atoms with Gasteiger partial charge in [0.25, 0.3) is 5.97 Å². The summed E-state index contributed by atoms with van der Waals surface area (Å²) in [6, 6.07) is 0. The molecule has 0 aromatic carbocycles. The van der Waals surface area contributed by atoms with Crippen molar-refractivity contribution < 1.29 is 22.5 Å². The molecular weight excluding hydrogens is 275 g/mol. The van der Waals surface area contributed by atoms with Crippen LogP contribution >= 0.6 is 0 Å². The number of unbranched alkanes of at least 4 members (excludes halogenated alkanes) is 2. The number of hydrogen-bond donors (Lipinski definition) is 0. The van der Waals surface area contributed by atoms with Crippen LogP contribution in [0.2, 0.25) is 0 Å². The number of hydrogen-bond acceptors (Lipinski definition) is 5. The zero-order valence-electron chi connectivity index (χ0n) is 13.0. The number of rotatable bonds is 11. The molecule has 0 aromatic heterocycles.